The Morgan fingerprint density at radius 1 is 1.64 bits per heavy atom. The number of hydrogen-bond acceptors (Lipinski definition) is 3. The Labute approximate surface area is 64.7 Å². The largest absolute Gasteiger partial charge is 0.516 e. The summed E-state index contributed by atoms with van der Waals surface area (Å²) in [6, 6.07) is 3.56. The van der Waals surface area contributed by atoms with Crippen molar-refractivity contribution >= 4 is 18.6 Å². The molecule has 1 aromatic rings. The van der Waals surface area contributed by atoms with Gasteiger partial charge < -0.3 is 5.11 Å². The van der Waals surface area contributed by atoms with E-state index in [0.29, 0.717) is 5.82 Å². The maximum absolute atomic E-state index is 8.47. The summed E-state index contributed by atoms with van der Waals surface area (Å²) < 4.78 is 0. The van der Waals surface area contributed by atoms with Gasteiger partial charge in [0.25, 0.3) is 0 Å². The number of rotatable bonds is 2. The molecule has 0 aliphatic rings. The monoisotopic (exact) mass is 148 g/mol. The predicted molar refractivity (Wildman–Crippen MR) is 45.1 cm³/mol. The van der Waals surface area contributed by atoms with Crippen molar-refractivity contribution in [3.8, 4) is 0 Å². The molecule has 0 bridgehead atoms. The summed E-state index contributed by atoms with van der Waals surface area (Å²) in [4.78, 5) is 7.59. The van der Waals surface area contributed by atoms with E-state index >= 15 is 0 Å². The third kappa shape index (κ3) is 1.64. The van der Waals surface area contributed by atoms with E-state index in [4.69, 9.17) is 5.11 Å². The average molecular weight is 148 g/mol. The van der Waals surface area contributed by atoms with Crippen LogP contribution in [0.5, 0.6) is 0 Å². The fourth-order valence-electron chi connectivity index (χ4n) is 0.752. The molecule has 0 radical (unpaired) electrons. The minimum atomic E-state index is 0.526. The maximum Gasteiger partial charge on any atom is 0.158 e. The Kier molecular flexibility index (Phi) is 2.38. The second kappa shape index (κ2) is 3.51. The maximum atomic E-state index is 8.47. The molecule has 0 saturated heterocycles. The topological polar surface area (TPSA) is 45.5 Å². The number of pyridine rings is 1. The Hall–Kier alpha value is -1.64. The van der Waals surface area contributed by atoms with Gasteiger partial charge in [0.15, 0.2) is 5.82 Å². The van der Waals surface area contributed by atoms with Gasteiger partial charge in [-0.15, -0.1) is 0 Å². The molecule has 1 N–H and O–H groups in total. The van der Waals surface area contributed by atoms with Crippen molar-refractivity contribution in [3.63, 3.8) is 0 Å². The first kappa shape index (κ1) is 7.47. The van der Waals surface area contributed by atoms with Crippen molar-refractivity contribution in [3.05, 3.63) is 30.2 Å². The van der Waals surface area contributed by atoms with E-state index in [1.807, 2.05) is 0 Å². The number of aliphatic imine (C=N–C) groups is 1. The Morgan fingerprint density at radius 2 is 2.45 bits per heavy atom. The van der Waals surface area contributed by atoms with Crippen LogP contribution in [0.2, 0.25) is 0 Å². The van der Waals surface area contributed by atoms with E-state index in [2.05, 4.69) is 16.7 Å². The highest BCUT2D eigenvalue weighted by molar-refractivity contribution is 5.61. The summed E-state index contributed by atoms with van der Waals surface area (Å²) in [6.07, 6.45) is 4.08. The number of hydrogen-bond donors (Lipinski definition) is 1. The lowest BCUT2D eigenvalue weighted by Crippen LogP contribution is -1.77. The van der Waals surface area contributed by atoms with Crippen LogP contribution in [0, 0.1) is 0 Å². The SMILES string of the molecule is C=Nc1ncccc1/C=C/O. The van der Waals surface area contributed by atoms with Crippen molar-refractivity contribution in [1.82, 2.24) is 4.98 Å². The lowest BCUT2D eigenvalue weighted by atomic mass is 10.2. The van der Waals surface area contributed by atoms with Crippen LogP contribution in [0.3, 0.4) is 0 Å². The first-order chi connectivity index (χ1) is 5.38. The summed E-state index contributed by atoms with van der Waals surface area (Å²) >= 11 is 0. The van der Waals surface area contributed by atoms with E-state index in [9.17, 15) is 0 Å². The predicted octanol–water partition coefficient (Wildman–Crippen LogP) is 1.94. The Balaban J connectivity index is 3.11. The van der Waals surface area contributed by atoms with Gasteiger partial charge in [0.05, 0.1) is 6.26 Å². The van der Waals surface area contributed by atoms with Crippen LogP contribution in [0.15, 0.2) is 29.6 Å². The molecule has 1 rings (SSSR count). The van der Waals surface area contributed by atoms with Gasteiger partial charge in [-0.25, -0.2) is 9.98 Å². The molecule has 1 aromatic heterocycles. The van der Waals surface area contributed by atoms with Crippen molar-refractivity contribution in [2.45, 2.75) is 0 Å². The Bertz CT molecular complexity index is 281. The standard InChI is InChI=1S/C8H8N2O/c1-9-8-7(4-6-11)3-2-5-10-8/h2-6,11H,1H2/b6-4+. The quantitative estimate of drug-likeness (QED) is 0.514. The molecule has 0 fully saturated rings. The first-order valence-electron chi connectivity index (χ1n) is 3.11. The van der Waals surface area contributed by atoms with Crippen LogP contribution in [0.25, 0.3) is 6.08 Å². The van der Waals surface area contributed by atoms with Crippen LogP contribution in [-0.4, -0.2) is 16.8 Å². The van der Waals surface area contributed by atoms with Crippen LogP contribution < -0.4 is 0 Å². The zero-order valence-electron chi connectivity index (χ0n) is 5.94. The third-order valence-corrected chi connectivity index (χ3v) is 1.22. The zero-order chi connectivity index (χ0) is 8.10. The minimum absolute atomic E-state index is 0.526. The molecule has 3 nitrogen and oxygen atoms in total. The van der Waals surface area contributed by atoms with Gasteiger partial charge in [-0.2, -0.15) is 0 Å². The number of aliphatic hydroxyl groups is 1. The lowest BCUT2D eigenvalue weighted by molar-refractivity contribution is 0.478. The molecule has 0 saturated carbocycles. The van der Waals surface area contributed by atoms with E-state index < -0.39 is 0 Å². The smallest absolute Gasteiger partial charge is 0.158 e. The lowest BCUT2D eigenvalue weighted by Gasteiger charge is -1.95. The van der Waals surface area contributed by atoms with Crippen LogP contribution >= 0.6 is 0 Å². The van der Waals surface area contributed by atoms with E-state index in [-0.39, 0.29) is 0 Å². The van der Waals surface area contributed by atoms with Gasteiger partial charge in [0.1, 0.15) is 0 Å². The molecule has 1 heterocycles. The van der Waals surface area contributed by atoms with Crippen molar-refractivity contribution in [2.24, 2.45) is 4.99 Å². The number of nitrogens with zero attached hydrogens (tertiary/aromatic N) is 2. The molecule has 0 amide bonds. The van der Waals surface area contributed by atoms with Gasteiger partial charge in [-0.1, -0.05) is 0 Å². The number of aliphatic hydroxyl groups excluding tert-OH is 1. The highest BCUT2D eigenvalue weighted by Gasteiger charge is 1.94. The van der Waals surface area contributed by atoms with Crippen LogP contribution in [0.1, 0.15) is 5.56 Å². The molecular weight excluding hydrogens is 140 g/mol. The van der Waals surface area contributed by atoms with Crippen LogP contribution in [0.4, 0.5) is 5.82 Å². The number of aromatic nitrogens is 1. The highest BCUT2D eigenvalue weighted by Crippen LogP contribution is 2.14. The van der Waals surface area contributed by atoms with Crippen molar-refractivity contribution in [1.29, 1.82) is 0 Å². The zero-order valence-corrected chi connectivity index (χ0v) is 5.94. The second-order valence-electron chi connectivity index (χ2n) is 1.89. The Morgan fingerprint density at radius 3 is 3.09 bits per heavy atom. The van der Waals surface area contributed by atoms with Crippen molar-refractivity contribution < 1.29 is 5.11 Å². The van der Waals surface area contributed by atoms with Crippen molar-refractivity contribution in [2.75, 3.05) is 0 Å². The summed E-state index contributed by atoms with van der Waals surface area (Å²) in [6.45, 7) is 3.35. The molecule has 56 valence electrons. The summed E-state index contributed by atoms with van der Waals surface area (Å²) in [5, 5.41) is 8.47. The highest BCUT2D eigenvalue weighted by atomic mass is 16.2. The molecular formula is C8H8N2O. The van der Waals surface area contributed by atoms with Gasteiger partial charge >= 0.3 is 0 Å². The van der Waals surface area contributed by atoms with Gasteiger partial charge in [-0.05, 0) is 24.9 Å². The van der Waals surface area contributed by atoms with Crippen LogP contribution in [-0.2, 0) is 0 Å². The molecule has 11 heavy (non-hydrogen) atoms. The molecule has 0 atom stereocenters. The fraction of sp³-hybridized carbons (Fsp3) is 0. The molecule has 0 spiro atoms. The molecule has 3 heteroatoms. The molecule has 0 aromatic carbocycles. The van der Waals surface area contributed by atoms with Gasteiger partial charge in [-0.3, -0.25) is 0 Å². The summed E-state index contributed by atoms with van der Waals surface area (Å²) in [7, 11) is 0. The first-order valence-corrected chi connectivity index (χ1v) is 3.11. The van der Waals surface area contributed by atoms with Gasteiger partial charge in [0.2, 0.25) is 0 Å². The second-order valence-corrected chi connectivity index (χ2v) is 1.89. The average Bonchev–Trinajstić information content (AvgIpc) is 2.06. The summed E-state index contributed by atoms with van der Waals surface area (Å²) in [5.74, 6) is 0.526. The molecule has 0 unspecified atom stereocenters. The fourth-order valence-corrected chi connectivity index (χ4v) is 0.752. The molecule has 0 aliphatic carbocycles. The van der Waals surface area contributed by atoms with E-state index in [1.54, 1.807) is 18.3 Å². The summed E-state index contributed by atoms with van der Waals surface area (Å²) in [5.41, 5.74) is 0.755. The van der Waals surface area contributed by atoms with E-state index in [1.165, 1.54) is 6.08 Å². The normalized spacial score (nSPS) is 10.2. The minimum Gasteiger partial charge on any atom is -0.516 e. The third-order valence-electron chi connectivity index (χ3n) is 1.22. The van der Waals surface area contributed by atoms with Gasteiger partial charge in [0, 0.05) is 11.8 Å². The van der Waals surface area contributed by atoms with E-state index in [0.717, 1.165) is 11.8 Å². The molecule has 0 aliphatic heterocycles.